The molecule has 11 rings (SSSR count). The van der Waals surface area contributed by atoms with Gasteiger partial charge in [-0.25, -0.2) is 0 Å². The predicted octanol–water partition coefficient (Wildman–Crippen LogP) is 13.3. The van der Waals surface area contributed by atoms with Crippen LogP contribution in [0.15, 0.2) is 176 Å². The molecule has 49 heavy (non-hydrogen) atoms. The van der Waals surface area contributed by atoms with Crippen LogP contribution in [0.1, 0.15) is 0 Å². The highest BCUT2D eigenvalue weighted by atomic mass is 15.0. The van der Waals surface area contributed by atoms with Crippen LogP contribution in [0.3, 0.4) is 0 Å². The van der Waals surface area contributed by atoms with Gasteiger partial charge in [-0.2, -0.15) is 0 Å². The fraction of sp³-hybridized carbons (Fsp3) is 0. The Morgan fingerprint density at radius 3 is 1.57 bits per heavy atom. The van der Waals surface area contributed by atoms with Crippen LogP contribution in [0.25, 0.3) is 104 Å². The number of benzene rings is 10. The van der Waals surface area contributed by atoms with Gasteiger partial charge in [0.25, 0.3) is 0 Å². The van der Waals surface area contributed by atoms with Crippen LogP contribution in [-0.4, -0.2) is 4.57 Å². The molecule has 0 amide bonds. The van der Waals surface area contributed by atoms with Crippen molar-refractivity contribution in [3.63, 3.8) is 0 Å². The van der Waals surface area contributed by atoms with Crippen molar-refractivity contribution in [1.29, 1.82) is 0 Å². The summed E-state index contributed by atoms with van der Waals surface area (Å²) in [6.07, 6.45) is 0. The second kappa shape index (κ2) is 10.0. The number of hydrogen-bond acceptors (Lipinski definition) is 0. The zero-order valence-corrected chi connectivity index (χ0v) is 26.7. The van der Waals surface area contributed by atoms with Gasteiger partial charge in [-0.05, 0) is 89.6 Å². The second-order valence-electron chi connectivity index (χ2n) is 13.2. The highest BCUT2D eigenvalue weighted by Gasteiger charge is 2.24. The van der Waals surface area contributed by atoms with Crippen molar-refractivity contribution in [2.75, 3.05) is 0 Å². The molecule has 10 aromatic carbocycles. The second-order valence-corrected chi connectivity index (χ2v) is 13.2. The normalized spacial score (nSPS) is 12.1. The average molecular weight is 620 g/mol. The van der Waals surface area contributed by atoms with Crippen molar-refractivity contribution >= 4 is 75.7 Å². The van der Waals surface area contributed by atoms with Crippen molar-refractivity contribution < 1.29 is 0 Å². The van der Waals surface area contributed by atoms with Gasteiger partial charge in [0.05, 0.1) is 11.0 Å². The summed E-state index contributed by atoms with van der Waals surface area (Å²) in [7, 11) is 0. The van der Waals surface area contributed by atoms with E-state index in [9.17, 15) is 0 Å². The average Bonchev–Trinajstić information content (AvgIpc) is 3.52. The standard InChI is InChI=1S/C48H29N/c1-3-15-30(16-4-1)43-33-20-7-9-22-35(33)45(36-23-10-8-21-34(36)43)41-29-31-17-13-26-39-44(31)46-37(41)25-14-27-40(46)48-47(39)38-24-11-12-28-42(38)49(48)32-18-5-2-6-19-32/h1-29H. The molecule has 226 valence electrons. The van der Waals surface area contributed by atoms with Crippen LogP contribution in [0.2, 0.25) is 0 Å². The van der Waals surface area contributed by atoms with Gasteiger partial charge in [0.2, 0.25) is 0 Å². The first-order valence-electron chi connectivity index (χ1n) is 17.0. The molecule has 0 radical (unpaired) electrons. The van der Waals surface area contributed by atoms with E-state index in [1.54, 1.807) is 0 Å². The molecular formula is C48H29N. The zero-order valence-electron chi connectivity index (χ0n) is 26.7. The van der Waals surface area contributed by atoms with Gasteiger partial charge in [0.15, 0.2) is 0 Å². The van der Waals surface area contributed by atoms with Crippen LogP contribution >= 0.6 is 0 Å². The Kier molecular flexibility index (Phi) is 5.45. The molecule has 0 atom stereocenters. The first-order valence-corrected chi connectivity index (χ1v) is 17.0. The molecule has 1 aromatic heterocycles. The SMILES string of the molecule is c1ccc(-c2c3ccccc3c(-c3cc4cccc5c4c4c3cccc4c3c5c4ccccc4n3-c3ccccc3)c3ccccc23)cc1. The predicted molar refractivity (Wildman–Crippen MR) is 210 cm³/mol. The summed E-state index contributed by atoms with van der Waals surface area (Å²) in [4.78, 5) is 0. The Labute approximate surface area is 283 Å². The van der Waals surface area contributed by atoms with E-state index in [1.807, 2.05) is 0 Å². The zero-order chi connectivity index (χ0) is 32.1. The fourth-order valence-corrected chi connectivity index (χ4v) is 8.81. The minimum Gasteiger partial charge on any atom is -0.309 e. The third kappa shape index (κ3) is 3.59. The molecule has 0 bridgehead atoms. The minimum absolute atomic E-state index is 1.18. The molecular weight excluding hydrogens is 591 g/mol. The Morgan fingerprint density at radius 2 is 0.857 bits per heavy atom. The minimum atomic E-state index is 1.18. The quantitative estimate of drug-likeness (QED) is 0.137. The smallest absolute Gasteiger partial charge is 0.0626 e. The summed E-state index contributed by atoms with van der Waals surface area (Å²) in [6, 6.07) is 64.9. The van der Waals surface area contributed by atoms with Crippen molar-refractivity contribution in [2.45, 2.75) is 0 Å². The van der Waals surface area contributed by atoms with Crippen LogP contribution in [-0.2, 0) is 0 Å². The topological polar surface area (TPSA) is 4.93 Å². The lowest BCUT2D eigenvalue weighted by atomic mass is 9.82. The molecule has 1 heterocycles. The molecule has 0 aliphatic carbocycles. The van der Waals surface area contributed by atoms with Crippen LogP contribution < -0.4 is 0 Å². The van der Waals surface area contributed by atoms with E-state index in [0.29, 0.717) is 0 Å². The van der Waals surface area contributed by atoms with Gasteiger partial charge in [-0.15, -0.1) is 0 Å². The summed E-state index contributed by atoms with van der Waals surface area (Å²) in [5, 5.41) is 15.5. The number of rotatable bonds is 3. The van der Waals surface area contributed by atoms with E-state index < -0.39 is 0 Å². The van der Waals surface area contributed by atoms with Crippen LogP contribution in [0.4, 0.5) is 0 Å². The summed E-state index contributed by atoms with van der Waals surface area (Å²) in [5.74, 6) is 0. The van der Waals surface area contributed by atoms with Gasteiger partial charge in [-0.3, -0.25) is 0 Å². The van der Waals surface area contributed by atoms with Gasteiger partial charge in [-0.1, -0.05) is 152 Å². The van der Waals surface area contributed by atoms with E-state index in [-0.39, 0.29) is 0 Å². The summed E-state index contributed by atoms with van der Waals surface area (Å²) in [6.45, 7) is 0. The van der Waals surface area contributed by atoms with E-state index in [0.717, 1.165) is 0 Å². The Balaban J connectivity index is 1.37. The van der Waals surface area contributed by atoms with E-state index in [2.05, 4.69) is 180 Å². The highest BCUT2D eigenvalue weighted by Crippen LogP contribution is 2.50. The van der Waals surface area contributed by atoms with Crippen molar-refractivity contribution in [3.05, 3.63) is 176 Å². The fourth-order valence-electron chi connectivity index (χ4n) is 8.81. The molecule has 1 heteroatoms. The van der Waals surface area contributed by atoms with Crippen molar-refractivity contribution in [3.8, 4) is 27.9 Å². The molecule has 0 saturated heterocycles. The molecule has 0 unspecified atom stereocenters. The third-order valence-corrected chi connectivity index (χ3v) is 10.7. The summed E-state index contributed by atoms with van der Waals surface area (Å²) >= 11 is 0. The van der Waals surface area contributed by atoms with Crippen LogP contribution in [0.5, 0.6) is 0 Å². The lowest BCUT2D eigenvalue weighted by Gasteiger charge is -2.21. The maximum absolute atomic E-state index is 2.48. The Morgan fingerprint density at radius 1 is 0.327 bits per heavy atom. The van der Waals surface area contributed by atoms with Crippen molar-refractivity contribution in [2.24, 2.45) is 0 Å². The van der Waals surface area contributed by atoms with Gasteiger partial charge in [0, 0.05) is 27.2 Å². The molecule has 0 fully saturated rings. The molecule has 0 spiro atoms. The van der Waals surface area contributed by atoms with Gasteiger partial charge < -0.3 is 4.57 Å². The first kappa shape index (κ1) is 26.6. The van der Waals surface area contributed by atoms with Crippen molar-refractivity contribution in [1.82, 2.24) is 4.57 Å². The maximum Gasteiger partial charge on any atom is 0.0626 e. The first-order chi connectivity index (χ1) is 24.4. The number of fused-ring (bicyclic) bond motifs is 7. The number of nitrogens with zero attached hydrogens (tertiary/aromatic N) is 1. The molecule has 11 aromatic rings. The van der Waals surface area contributed by atoms with Gasteiger partial charge >= 0.3 is 0 Å². The maximum atomic E-state index is 2.48. The number of para-hydroxylation sites is 2. The summed E-state index contributed by atoms with van der Waals surface area (Å²) < 4.78 is 2.48. The highest BCUT2D eigenvalue weighted by molar-refractivity contribution is 6.40. The Hall–Kier alpha value is -6.44. The third-order valence-electron chi connectivity index (χ3n) is 10.7. The van der Waals surface area contributed by atoms with Gasteiger partial charge in [0.1, 0.15) is 0 Å². The lowest BCUT2D eigenvalue weighted by molar-refractivity contribution is 1.19. The van der Waals surface area contributed by atoms with Crippen LogP contribution in [0, 0.1) is 0 Å². The number of aromatic nitrogens is 1. The lowest BCUT2D eigenvalue weighted by Crippen LogP contribution is -1.96. The molecule has 0 N–H and O–H groups in total. The Bertz CT molecular complexity index is 3020. The van der Waals surface area contributed by atoms with E-state index in [1.165, 1.54) is 104 Å². The molecule has 1 nitrogen and oxygen atoms in total. The molecule has 0 aliphatic rings. The largest absolute Gasteiger partial charge is 0.309 e. The molecule has 0 saturated carbocycles. The van der Waals surface area contributed by atoms with E-state index in [4.69, 9.17) is 0 Å². The van der Waals surface area contributed by atoms with E-state index >= 15 is 0 Å². The summed E-state index contributed by atoms with van der Waals surface area (Å²) in [5.41, 5.74) is 8.79. The monoisotopic (exact) mass is 619 g/mol. The molecule has 0 aliphatic heterocycles. The number of hydrogen-bond donors (Lipinski definition) is 0.